The lowest BCUT2D eigenvalue weighted by molar-refractivity contribution is 1.07. The molecular weight excluding hydrogens is 599 g/mol. The summed E-state index contributed by atoms with van der Waals surface area (Å²) in [5, 5.41) is 0. The highest BCUT2D eigenvalue weighted by Crippen LogP contribution is 2.39. The molecule has 0 saturated carbocycles. The molecule has 0 aliphatic heterocycles. The molecule has 2 heterocycles. The van der Waals surface area contributed by atoms with Gasteiger partial charge in [0.25, 0.3) is 0 Å². The summed E-state index contributed by atoms with van der Waals surface area (Å²) in [7, 11) is 0. The maximum atomic E-state index is 5.08. The number of nitrogens with zero attached hydrogens (tertiary/aromatic N) is 5. The number of hydrogen-bond donors (Lipinski definition) is 0. The first-order valence-electron chi connectivity index (χ1n) is 16.4. The topological polar surface area (TPSA) is 64.5 Å². The molecule has 0 radical (unpaired) electrons. The van der Waals surface area contributed by atoms with Gasteiger partial charge in [0.1, 0.15) is 6.33 Å². The summed E-state index contributed by atoms with van der Waals surface area (Å²) in [5.41, 5.74) is 13.8. The molecule has 1 aliphatic rings. The first kappa shape index (κ1) is 28.6. The van der Waals surface area contributed by atoms with E-state index in [1.165, 1.54) is 16.7 Å². The molecule has 8 aromatic rings. The van der Waals surface area contributed by atoms with Gasteiger partial charge in [-0.2, -0.15) is 0 Å². The molecule has 2 aromatic heterocycles. The van der Waals surface area contributed by atoms with Crippen LogP contribution in [0.4, 0.5) is 0 Å². The van der Waals surface area contributed by atoms with Crippen molar-refractivity contribution >= 4 is 0 Å². The third-order valence-electron chi connectivity index (χ3n) is 9.09. The normalized spacial score (nSPS) is 11.6. The van der Waals surface area contributed by atoms with Gasteiger partial charge in [0.05, 0.1) is 11.4 Å². The quantitative estimate of drug-likeness (QED) is 0.184. The van der Waals surface area contributed by atoms with Crippen molar-refractivity contribution in [2.45, 2.75) is 6.42 Å². The highest BCUT2D eigenvalue weighted by atomic mass is 15.0. The lowest BCUT2D eigenvalue weighted by Gasteiger charge is -2.12. The van der Waals surface area contributed by atoms with Crippen LogP contribution in [-0.4, -0.2) is 24.9 Å². The lowest BCUT2D eigenvalue weighted by Crippen LogP contribution is -2.01. The second-order valence-electron chi connectivity index (χ2n) is 12.2. The summed E-state index contributed by atoms with van der Waals surface area (Å²) in [5.74, 6) is 1.84. The van der Waals surface area contributed by atoms with Crippen molar-refractivity contribution in [2.24, 2.45) is 0 Å². The highest BCUT2D eigenvalue weighted by molar-refractivity contribution is 5.82. The van der Waals surface area contributed by atoms with Crippen LogP contribution in [0.2, 0.25) is 0 Å². The smallest absolute Gasteiger partial charge is 0.164 e. The van der Waals surface area contributed by atoms with Crippen molar-refractivity contribution in [3.63, 3.8) is 0 Å². The van der Waals surface area contributed by atoms with E-state index in [4.69, 9.17) is 19.9 Å². The Labute approximate surface area is 284 Å². The van der Waals surface area contributed by atoms with E-state index < -0.39 is 0 Å². The van der Waals surface area contributed by atoms with Crippen LogP contribution >= 0.6 is 0 Å². The number of benzene rings is 6. The third-order valence-corrected chi connectivity index (χ3v) is 9.09. The van der Waals surface area contributed by atoms with E-state index in [0.717, 1.165) is 62.3 Å². The molecule has 6 aromatic carbocycles. The fraction of sp³-hybridized carbons (Fsp3) is 0.0227. The van der Waals surface area contributed by atoms with Gasteiger partial charge in [0, 0.05) is 39.8 Å². The number of hydrogen-bond acceptors (Lipinski definition) is 5. The summed E-state index contributed by atoms with van der Waals surface area (Å²) in [6, 6.07) is 54.4. The number of rotatable bonds is 6. The van der Waals surface area contributed by atoms with E-state index >= 15 is 0 Å². The largest absolute Gasteiger partial charge is 0.236 e. The predicted molar refractivity (Wildman–Crippen MR) is 196 cm³/mol. The molecule has 0 atom stereocenters. The Hall–Kier alpha value is -6.59. The fourth-order valence-electron chi connectivity index (χ4n) is 6.64. The maximum absolute atomic E-state index is 5.08. The molecular formula is C44H29N5. The van der Waals surface area contributed by atoms with Gasteiger partial charge in [-0.05, 0) is 39.9 Å². The minimum Gasteiger partial charge on any atom is -0.236 e. The molecule has 49 heavy (non-hydrogen) atoms. The Morgan fingerprint density at radius 2 is 0.816 bits per heavy atom. The lowest BCUT2D eigenvalue weighted by atomic mass is 10.0. The van der Waals surface area contributed by atoms with Crippen molar-refractivity contribution in [1.29, 1.82) is 0 Å². The van der Waals surface area contributed by atoms with Gasteiger partial charge in [0.15, 0.2) is 17.5 Å². The van der Waals surface area contributed by atoms with E-state index in [9.17, 15) is 0 Å². The summed E-state index contributed by atoms with van der Waals surface area (Å²) in [6.07, 6.45) is 2.48. The van der Waals surface area contributed by atoms with Crippen molar-refractivity contribution in [1.82, 2.24) is 24.9 Å². The molecule has 230 valence electrons. The highest BCUT2D eigenvalue weighted by Gasteiger charge is 2.24. The summed E-state index contributed by atoms with van der Waals surface area (Å²) in [6.45, 7) is 0. The summed E-state index contributed by atoms with van der Waals surface area (Å²) < 4.78 is 0. The van der Waals surface area contributed by atoms with Crippen LogP contribution in [0.25, 0.3) is 78.9 Å². The van der Waals surface area contributed by atoms with Crippen LogP contribution in [0.5, 0.6) is 0 Å². The van der Waals surface area contributed by atoms with Gasteiger partial charge in [-0.1, -0.05) is 146 Å². The minimum atomic E-state index is 0.605. The van der Waals surface area contributed by atoms with E-state index in [-0.39, 0.29) is 0 Å². The fourth-order valence-corrected chi connectivity index (χ4v) is 6.64. The van der Waals surface area contributed by atoms with Gasteiger partial charge in [-0.25, -0.2) is 24.9 Å². The Kier molecular flexibility index (Phi) is 7.13. The monoisotopic (exact) mass is 627 g/mol. The molecule has 5 nitrogen and oxygen atoms in total. The molecule has 0 N–H and O–H groups in total. The molecule has 0 spiro atoms. The van der Waals surface area contributed by atoms with Crippen LogP contribution in [-0.2, 0) is 6.42 Å². The molecule has 1 aliphatic carbocycles. The molecule has 0 bridgehead atoms. The molecule has 0 fully saturated rings. The Balaban J connectivity index is 1.16. The van der Waals surface area contributed by atoms with Crippen LogP contribution in [0, 0.1) is 0 Å². The molecule has 0 saturated heterocycles. The Morgan fingerprint density at radius 3 is 1.51 bits per heavy atom. The standard InChI is InChI=1S/C44H29N5/c1-3-11-29(12-4-1)31-21-23-32(24-22-31)42-47-43(36-18-9-16-33(25-36)30-13-5-2-6-14-30)49-44(48-42)37-19-10-17-35(26-37)40-39-27-34-15-7-8-20-38(34)41(39)46-28-45-40/h1-26,28H,27H2. The van der Waals surface area contributed by atoms with Gasteiger partial charge in [0.2, 0.25) is 0 Å². The number of aromatic nitrogens is 5. The maximum Gasteiger partial charge on any atom is 0.164 e. The molecule has 9 rings (SSSR count). The SMILES string of the molecule is c1ccc(-c2ccc(-c3nc(-c4cccc(-c5ccccc5)c4)nc(-c4cccc(-c5ncnc6c5Cc5ccccc5-6)c4)n3)cc2)cc1. The second-order valence-corrected chi connectivity index (χ2v) is 12.2. The zero-order valence-electron chi connectivity index (χ0n) is 26.5. The van der Waals surface area contributed by atoms with E-state index in [1.54, 1.807) is 6.33 Å². The molecule has 0 unspecified atom stereocenters. The summed E-state index contributed by atoms with van der Waals surface area (Å²) >= 11 is 0. The van der Waals surface area contributed by atoms with Crippen molar-refractivity contribution in [2.75, 3.05) is 0 Å². The van der Waals surface area contributed by atoms with Crippen molar-refractivity contribution in [3.05, 3.63) is 175 Å². The van der Waals surface area contributed by atoms with Gasteiger partial charge in [-0.15, -0.1) is 0 Å². The molecule has 5 heteroatoms. The second kappa shape index (κ2) is 12.2. The minimum absolute atomic E-state index is 0.605. The summed E-state index contributed by atoms with van der Waals surface area (Å²) in [4.78, 5) is 24.6. The van der Waals surface area contributed by atoms with E-state index in [0.29, 0.717) is 17.5 Å². The van der Waals surface area contributed by atoms with Crippen LogP contribution < -0.4 is 0 Å². The molecule has 0 amide bonds. The predicted octanol–water partition coefficient (Wildman–Crippen LogP) is 10.2. The average molecular weight is 628 g/mol. The first-order chi connectivity index (χ1) is 24.3. The average Bonchev–Trinajstić information content (AvgIpc) is 3.58. The zero-order valence-corrected chi connectivity index (χ0v) is 26.5. The van der Waals surface area contributed by atoms with Gasteiger partial charge < -0.3 is 0 Å². The van der Waals surface area contributed by atoms with E-state index in [1.807, 2.05) is 12.1 Å². The Bertz CT molecular complexity index is 2460. The van der Waals surface area contributed by atoms with Crippen molar-refractivity contribution < 1.29 is 0 Å². The third kappa shape index (κ3) is 5.47. The van der Waals surface area contributed by atoms with Crippen LogP contribution in [0.3, 0.4) is 0 Å². The Morgan fingerprint density at radius 1 is 0.347 bits per heavy atom. The van der Waals surface area contributed by atoms with Crippen molar-refractivity contribution in [3.8, 4) is 78.9 Å². The first-order valence-corrected chi connectivity index (χ1v) is 16.4. The zero-order chi connectivity index (χ0) is 32.6. The van der Waals surface area contributed by atoms with Gasteiger partial charge in [-0.3, -0.25) is 0 Å². The van der Waals surface area contributed by atoms with Crippen LogP contribution in [0.1, 0.15) is 11.1 Å². The van der Waals surface area contributed by atoms with Crippen LogP contribution in [0.15, 0.2) is 164 Å². The van der Waals surface area contributed by atoms with Gasteiger partial charge >= 0.3 is 0 Å². The number of fused-ring (bicyclic) bond motifs is 3. The van der Waals surface area contributed by atoms with E-state index in [2.05, 4.69) is 151 Å².